The van der Waals surface area contributed by atoms with Crippen LogP contribution >= 0.6 is 0 Å². The number of amides is 1. The van der Waals surface area contributed by atoms with Crippen molar-refractivity contribution >= 4 is 11.8 Å². The minimum Gasteiger partial charge on any atom is -0.449 e. The molecule has 0 radical (unpaired) electrons. The van der Waals surface area contributed by atoms with E-state index in [1.165, 1.54) is 5.56 Å². The summed E-state index contributed by atoms with van der Waals surface area (Å²) >= 11 is 0. The fourth-order valence-corrected chi connectivity index (χ4v) is 2.19. The molecule has 0 aliphatic carbocycles. The standard InChI is InChI=1S/C14H20N2O2/c1-2-11-3-5-13(6-4-11)16-9-12(7-8-15)10-18-14(16)17/h3-6,12H,2,7-10,15H2,1H3. The van der Waals surface area contributed by atoms with Crippen molar-refractivity contribution in [1.29, 1.82) is 0 Å². The third-order valence-corrected chi connectivity index (χ3v) is 3.33. The summed E-state index contributed by atoms with van der Waals surface area (Å²) in [5.41, 5.74) is 7.73. The van der Waals surface area contributed by atoms with Crippen molar-refractivity contribution in [2.24, 2.45) is 11.7 Å². The molecule has 4 nitrogen and oxygen atoms in total. The van der Waals surface area contributed by atoms with E-state index in [0.29, 0.717) is 25.6 Å². The summed E-state index contributed by atoms with van der Waals surface area (Å²) in [7, 11) is 0. The van der Waals surface area contributed by atoms with Crippen LogP contribution in [0.25, 0.3) is 0 Å². The number of benzene rings is 1. The van der Waals surface area contributed by atoms with Crippen molar-refractivity contribution in [1.82, 2.24) is 0 Å². The van der Waals surface area contributed by atoms with Gasteiger partial charge >= 0.3 is 6.09 Å². The van der Waals surface area contributed by atoms with Gasteiger partial charge in [-0.15, -0.1) is 0 Å². The smallest absolute Gasteiger partial charge is 0.414 e. The van der Waals surface area contributed by atoms with E-state index in [4.69, 9.17) is 10.5 Å². The second-order valence-electron chi connectivity index (χ2n) is 4.65. The summed E-state index contributed by atoms with van der Waals surface area (Å²) in [6, 6.07) is 8.06. The molecule has 1 atom stereocenters. The Kier molecular flexibility index (Phi) is 4.20. The molecule has 0 bridgehead atoms. The molecule has 4 heteroatoms. The number of rotatable bonds is 4. The molecule has 2 rings (SSSR count). The summed E-state index contributed by atoms with van der Waals surface area (Å²) in [6.07, 6.45) is 1.63. The van der Waals surface area contributed by atoms with E-state index < -0.39 is 0 Å². The molecule has 2 N–H and O–H groups in total. The fourth-order valence-electron chi connectivity index (χ4n) is 2.19. The Morgan fingerprint density at radius 2 is 2.11 bits per heavy atom. The molecular formula is C14H20N2O2. The molecule has 1 unspecified atom stereocenters. The van der Waals surface area contributed by atoms with E-state index in [-0.39, 0.29) is 6.09 Å². The van der Waals surface area contributed by atoms with Crippen LogP contribution in [0.4, 0.5) is 10.5 Å². The van der Waals surface area contributed by atoms with Gasteiger partial charge in [0.15, 0.2) is 0 Å². The first-order valence-corrected chi connectivity index (χ1v) is 6.48. The second kappa shape index (κ2) is 5.87. The number of carbonyl (C=O) groups excluding carboxylic acids is 1. The Morgan fingerprint density at radius 1 is 1.39 bits per heavy atom. The van der Waals surface area contributed by atoms with Gasteiger partial charge in [0, 0.05) is 18.2 Å². The molecule has 1 fully saturated rings. The molecule has 1 heterocycles. The molecule has 1 aromatic carbocycles. The number of hydrogen-bond donors (Lipinski definition) is 1. The number of hydrogen-bond acceptors (Lipinski definition) is 3. The van der Waals surface area contributed by atoms with E-state index in [0.717, 1.165) is 18.5 Å². The van der Waals surface area contributed by atoms with Gasteiger partial charge in [-0.25, -0.2) is 4.79 Å². The maximum atomic E-state index is 11.8. The quantitative estimate of drug-likeness (QED) is 0.888. The van der Waals surface area contributed by atoms with Gasteiger partial charge < -0.3 is 10.5 Å². The van der Waals surface area contributed by atoms with E-state index >= 15 is 0 Å². The first-order chi connectivity index (χ1) is 8.74. The lowest BCUT2D eigenvalue weighted by Gasteiger charge is -2.32. The molecule has 1 aliphatic heterocycles. The van der Waals surface area contributed by atoms with Crippen molar-refractivity contribution < 1.29 is 9.53 Å². The average Bonchev–Trinajstić information content (AvgIpc) is 2.41. The number of cyclic esters (lactones) is 1. The molecular weight excluding hydrogens is 228 g/mol. The van der Waals surface area contributed by atoms with E-state index in [2.05, 4.69) is 19.1 Å². The summed E-state index contributed by atoms with van der Waals surface area (Å²) in [5, 5.41) is 0. The molecule has 18 heavy (non-hydrogen) atoms. The largest absolute Gasteiger partial charge is 0.449 e. The summed E-state index contributed by atoms with van der Waals surface area (Å²) in [6.45, 7) is 3.92. The fraction of sp³-hybridized carbons (Fsp3) is 0.500. The third kappa shape index (κ3) is 2.82. The van der Waals surface area contributed by atoms with Crippen LogP contribution in [0.3, 0.4) is 0 Å². The van der Waals surface area contributed by atoms with Gasteiger partial charge in [-0.3, -0.25) is 4.90 Å². The molecule has 1 amide bonds. The highest BCUT2D eigenvalue weighted by molar-refractivity contribution is 5.88. The monoisotopic (exact) mass is 248 g/mol. The number of anilines is 1. The zero-order chi connectivity index (χ0) is 13.0. The van der Waals surface area contributed by atoms with Crippen LogP contribution in [0.2, 0.25) is 0 Å². The van der Waals surface area contributed by atoms with Crippen LogP contribution in [-0.4, -0.2) is 25.8 Å². The average molecular weight is 248 g/mol. The minimum absolute atomic E-state index is 0.257. The molecule has 98 valence electrons. The van der Waals surface area contributed by atoms with Crippen molar-refractivity contribution in [3.63, 3.8) is 0 Å². The van der Waals surface area contributed by atoms with Gasteiger partial charge in [0.1, 0.15) is 0 Å². The lowest BCUT2D eigenvalue weighted by Crippen LogP contribution is -2.43. The number of nitrogens with zero attached hydrogens (tertiary/aromatic N) is 1. The predicted molar refractivity (Wildman–Crippen MR) is 71.7 cm³/mol. The number of carbonyl (C=O) groups is 1. The highest BCUT2D eigenvalue weighted by Crippen LogP contribution is 2.22. The van der Waals surface area contributed by atoms with Gasteiger partial charge in [-0.2, -0.15) is 0 Å². The van der Waals surface area contributed by atoms with Crippen LogP contribution in [0, 0.1) is 5.92 Å². The second-order valence-corrected chi connectivity index (χ2v) is 4.65. The molecule has 0 saturated carbocycles. The molecule has 1 saturated heterocycles. The van der Waals surface area contributed by atoms with Crippen LogP contribution in [0.15, 0.2) is 24.3 Å². The van der Waals surface area contributed by atoms with Crippen LogP contribution < -0.4 is 10.6 Å². The number of ether oxygens (including phenoxy) is 1. The Morgan fingerprint density at radius 3 is 2.72 bits per heavy atom. The van der Waals surface area contributed by atoms with Crippen LogP contribution in [0.5, 0.6) is 0 Å². The van der Waals surface area contributed by atoms with Gasteiger partial charge in [0.2, 0.25) is 0 Å². The van der Waals surface area contributed by atoms with Gasteiger partial charge in [-0.05, 0) is 37.1 Å². The summed E-state index contributed by atoms with van der Waals surface area (Å²) < 4.78 is 5.20. The van der Waals surface area contributed by atoms with E-state index in [1.807, 2.05) is 12.1 Å². The maximum absolute atomic E-state index is 11.8. The van der Waals surface area contributed by atoms with E-state index in [1.54, 1.807) is 4.90 Å². The molecule has 0 spiro atoms. The topological polar surface area (TPSA) is 55.6 Å². The first kappa shape index (κ1) is 12.9. The van der Waals surface area contributed by atoms with Gasteiger partial charge in [0.05, 0.1) is 6.61 Å². The molecule has 1 aliphatic rings. The van der Waals surface area contributed by atoms with Crippen LogP contribution in [0.1, 0.15) is 18.9 Å². The Labute approximate surface area is 108 Å². The lowest BCUT2D eigenvalue weighted by atomic mass is 10.0. The molecule has 1 aromatic rings. The predicted octanol–water partition coefficient (Wildman–Crippen LogP) is 2.17. The van der Waals surface area contributed by atoms with Crippen molar-refractivity contribution in [2.45, 2.75) is 19.8 Å². The lowest BCUT2D eigenvalue weighted by molar-refractivity contribution is 0.113. The van der Waals surface area contributed by atoms with E-state index in [9.17, 15) is 4.79 Å². The zero-order valence-corrected chi connectivity index (χ0v) is 10.8. The zero-order valence-electron chi connectivity index (χ0n) is 10.8. The first-order valence-electron chi connectivity index (χ1n) is 6.48. The normalized spacial score (nSPS) is 19.8. The number of nitrogens with two attached hydrogens (primary N) is 1. The van der Waals surface area contributed by atoms with Crippen molar-refractivity contribution in [3.8, 4) is 0 Å². The Hall–Kier alpha value is -1.55. The highest BCUT2D eigenvalue weighted by Gasteiger charge is 2.27. The summed E-state index contributed by atoms with van der Waals surface area (Å²) in [4.78, 5) is 13.5. The Balaban J connectivity index is 2.11. The van der Waals surface area contributed by atoms with Crippen molar-refractivity contribution in [3.05, 3.63) is 29.8 Å². The van der Waals surface area contributed by atoms with Gasteiger partial charge in [0.25, 0.3) is 0 Å². The molecule has 0 aromatic heterocycles. The third-order valence-electron chi connectivity index (χ3n) is 3.33. The number of aryl methyl sites for hydroxylation is 1. The van der Waals surface area contributed by atoms with Gasteiger partial charge in [-0.1, -0.05) is 19.1 Å². The highest BCUT2D eigenvalue weighted by atomic mass is 16.6. The van der Waals surface area contributed by atoms with Crippen molar-refractivity contribution in [2.75, 3.05) is 24.6 Å². The summed E-state index contributed by atoms with van der Waals surface area (Å²) in [5.74, 6) is 0.332. The SMILES string of the molecule is CCc1ccc(N2CC(CCN)COC2=O)cc1. The van der Waals surface area contributed by atoms with Crippen LogP contribution in [-0.2, 0) is 11.2 Å². The maximum Gasteiger partial charge on any atom is 0.414 e. The Bertz CT molecular complexity index is 403. The minimum atomic E-state index is -0.257.